The van der Waals surface area contributed by atoms with Crippen LogP contribution in [0.25, 0.3) is 0 Å². The SMILES string of the molecule is CC1(CNC2CCCOC2)CCOCC1. The number of hydrogen-bond donors (Lipinski definition) is 1. The Labute approximate surface area is 92.5 Å². The van der Waals surface area contributed by atoms with Crippen molar-refractivity contribution in [1.29, 1.82) is 0 Å². The first-order valence-corrected chi connectivity index (χ1v) is 6.17. The molecule has 1 unspecified atom stereocenters. The normalized spacial score (nSPS) is 31.4. The predicted molar refractivity (Wildman–Crippen MR) is 60.0 cm³/mol. The van der Waals surface area contributed by atoms with Gasteiger partial charge in [-0.2, -0.15) is 0 Å². The zero-order chi connectivity index (χ0) is 10.6. The Hall–Kier alpha value is -0.120. The van der Waals surface area contributed by atoms with Gasteiger partial charge in [0.2, 0.25) is 0 Å². The van der Waals surface area contributed by atoms with Crippen molar-refractivity contribution in [3.63, 3.8) is 0 Å². The maximum atomic E-state index is 5.47. The molecule has 15 heavy (non-hydrogen) atoms. The van der Waals surface area contributed by atoms with Crippen molar-refractivity contribution in [3.8, 4) is 0 Å². The first-order chi connectivity index (χ1) is 7.29. The summed E-state index contributed by atoms with van der Waals surface area (Å²) >= 11 is 0. The monoisotopic (exact) mass is 213 g/mol. The first kappa shape index (κ1) is 11.4. The van der Waals surface area contributed by atoms with Gasteiger partial charge in [0.15, 0.2) is 0 Å². The summed E-state index contributed by atoms with van der Waals surface area (Å²) in [4.78, 5) is 0. The van der Waals surface area contributed by atoms with E-state index in [0.717, 1.165) is 33.0 Å². The van der Waals surface area contributed by atoms with E-state index in [2.05, 4.69) is 12.2 Å². The zero-order valence-electron chi connectivity index (χ0n) is 9.76. The zero-order valence-corrected chi connectivity index (χ0v) is 9.76. The molecule has 3 nitrogen and oxygen atoms in total. The van der Waals surface area contributed by atoms with E-state index < -0.39 is 0 Å². The lowest BCUT2D eigenvalue weighted by Gasteiger charge is -2.35. The maximum absolute atomic E-state index is 5.47. The third-order valence-corrected chi connectivity index (χ3v) is 3.68. The Morgan fingerprint density at radius 1 is 1.20 bits per heavy atom. The summed E-state index contributed by atoms with van der Waals surface area (Å²) in [7, 11) is 0. The molecule has 2 rings (SSSR count). The second-order valence-electron chi connectivity index (χ2n) is 5.22. The van der Waals surface area contributed by atoms with Gasteiger partial charge in [-0.3, -0.25) is 0 Å². The van der Waals surface area contributed by atoms with Crippen LogP contribution < -0.4 is 5.32 Å². The topological polar surface area (TPSA) is 30.5 Å². The van der Waals surface area contributed by atoms with Crippen LogP contribution in [0.1, 0.15) is 32.6 Å². The Balaban J connectivity index is 1.70. The lowest BCUT2D eigenvalue weighted by molar-refractivity contribution is 0.0163. The van der Waals surface area contributed by atoms with E-state index in [0.29, 0.717) is 11.5 Å². The summed E-state index contributed by atoms with van der Waals surface area (Å²) in [5.74, 6) is 0. The lowest BCUT2D eigenvalue weighted by atomic mass is 9.82. The minimum atomic E-state index is 0.440. The molecule has 88 valence electrons. The third-order valence-electron chi connectivity index (χ3n) is 3.68. The van der Waals surface area contributed by atoms with Gasteiger partial charge in [-0.15, -0.1) is 0 Å². The summed E-state index contributed by atoms with van der Waals surface area (Å²) in [6.07, 6.45) is 4.85. The highest BCUT2D eigenvalue weighted by molar-refractivity contribution is 4.82. The van der Waals surface area contributed by atoms with E-state index in [-0.39, 0.29) is 0 Å². The van der Waals surface area contributed by atoms with E-state index in [9.17, 15) is 0 Å². The molecule has 0 radical (unpaired) electrons. The molecule has 2 fully saturated rings. The Bertz CT molecular complexity index is 184. The average Bonchev–Trinajstić information content (AvgIpc) is 2.29. The Kier molecular flexibility index (Phi) is 4.00. The highest BCUT2D eigenvalue weighted by Gasteiger charge is 2.28. The van der Waals surface area contributed by atoms with Gasteiger partial charge in [0.25, 0.3) is 0 Å². The fourth-order valence-electron chi connectivity index (χ4n) is 2.33. The van der Waals surface area contributed by atoms with Crippen molar-refractivity contribution in [2.45, 2.75) is 38.6 Å². The molecular formula is C12H23NO2. The van der Waals surface area contributed by atoms with Gasteiger partial charge in [-0.25, -0.2) is 0 Å². The van der Waals surface area contributed by atoms with Gasteiger partial charge in [0, 0.05) is 32.4 Å². The van der Waals surface area contributed by atoms with Gasteiger partial charge in [0.1, 0.15) is 0 Å². The van der Waals surface area contributed by atoms with E-state index in [4.69, 9.17) is 9.47 Å². The van der Waals surface area contributed by atoms with Crippen LogP contribution in [0.2, 0.25) is 0 Å². The lowest BCUT2D eigenvalue weighted by Crippen LogP contribution is -2.44. The number of nitrogens with one attached hydrogen (secondary N) is 1. The quantitative estimate of drug-likeness (QED) is 0.772. The summed E-state index contributed by atoms with van der Waals surface area (Å²) in [6.45, 7) is 7.19. The second-order valence-corrected chi connectivity index (χ2v) is 5.22. The van der Waals surface area contributed by atoms with Crippen LogP contribution in [-0.4, -0.2) is 39.0 Å². The van der Waals surface area contributed by atoms with Crippen molar-refractivity contribution in [1.82, 2.24) is 5.32 Å². The molecule has 2 aliphatic heterocycles. The van der Waals surface area contributed by atoms with E-state index >= 15 is 0 Å². The molecule has 0 aromatic carbocycles. The largest absolute Gasteiger partial charge is 0.381 e. The van der Waals surface area contributed by atoms with E-state index in [1.54, 1.807) is 0 Å². The molecule has 1 atom stereocenters. The molecule has 3 heteroatoms. The van der Waals surface area contributed by atoms with Gasteiger partial charge in [-0.1, -0.05) is 6.92 Å². The molecule has 0 aromatic heterocycles. The highest BCUT2D eigenvalue weighted by Crippen LogP contribution is 2.29. The maximum Gasteiger partial charge on any atom is 0.0619 e. The fraction of sp³-hybridized carbons (Fsp3) is 1.00. The smallest absolute Gasteiger partial charge is 0.0619 e. The van der Waals surface area contributed by atoms with Crippen LogP contribution in [0.4, 0.5) is 0 Å². The number of hydrogen-bond acceptors (Lipinski definition) is 3. The predicted octanol–water partition coefficient (Wildman–Crippen LogP) is 1.57. The van der Waals surface area contributed by atoms with Crippen molar-refractivity contribution in [3.05, 3.63) is 0 Å². The molecular weight excluding hydrogens is 190 g/mol. The van der Waals surface area contributed by atoms with Crippen molar-refractivity contribution < 1.29 is 9.47 Å². The molecule has 0 saturated carbocycles. The minimum absolute atomic E-state index is 0.440. The van der Waals surface area contributed by atoms with Gasteiger partial charge in [0.05, 0.1) is 6.61 Å². The van der Waals surface area contributed by atoms with Crippen LogP contribution in [0.15, 0.2) is 0 Å². The van der Waals surface area contributed by atoms with Crippen LogP contribution in [0, 0.1) is 5.41 Å². The summed E-state index contributed by atoms with van der Waals surface area (Å²) in [6, 6.07) is 0.582. The summed E-state index contributed by atoms with van der Waals surface area (Å²) in [5.41, 5.74) is 0.440. The van der Waals surface area contributed by atoms with E-state index in [1.165, 1.54) is 25.7 Å². The van der Waals surface area contributed by atoms with E-state index in [1.807, 2.05) is 0 Å². The molecule has 2 saturated heterocycles. The van der Waals surface area contributed by atoms with Crippen molar-refractivity contribution in [2.24, 2.45) is 5.41 Å². The number of ether oxygens (including phenoxy) is 2. The second kappa shape index (κ2) is 5.28. The average molecular weight is 213 g/mol. The van der Waals surface area contributed by atoms with Crippen LogP contribution in [-0.2, 0) is 9.47 Å². The molecule has 0 bridgehead atoms. The van der Waals surface area contributed by atoms with Crippen molar-refractivity contribution >= 4 is 0 Å². The Morgan fingerprint density at radius 3 is 2.67 bits per heavy atom. The van der Waals surface area contributed by atoms with Crippen LogP contribution >= 0.6 is 0 Å². The van der Waals surface area contributed by atoms with Crippen LogP contribution in [0.3, 0.4) is 0 Å². The molecule has 0 aromatic rings. The molecule has 1 N–H and O–H groups in total. The van der Waals surface area contributed by atoms with Gasteiger partial charge < -0.3 is 14.8 Å². The fourth-order valence-corrected chi connectivity index (χ4v) is 2.33. The van der Waals surface area contributed by atoms with Crippen molar-refractivity contribution in [2.75, 3.05) is 33.0 Å². The van der Waals surface area contributed by atoms with Crippen LogP contribution in [0.5, 0.6) is 0 Å². The minimum Gasteiger partial charge on any atom is -0.381 e. The van der Waals surface area contributed by atoms with Gasteiger partial charge in [-0.05, 0) is 31.1 Å². The molecule has 0 amide bonds. The summed E-state index contributed by atoms with van der Waals surface area (Å²) in [5, 5.41) is 3.65. The molecule has 0 aliphatic carbocycles. The molecule has 2 aliphatic rings. The Morgan fingerprint density at radius 2 is 2.00 bits per heavy atom. The highest BCUT2D eigenvalue weighted by atomic mass is 16.5. The third kappa shape index (κ3) is 3.44. The van der Waals surface area contributed by atoms with Gasteiger partial charge >= 0.3 is 0 Å². The number of rotatable bonds is 3. The first-order valence-electron chi connectivity index (χ1n) is 6.17. The molecule has 0 spiro atoms. The standard InChI is InChI=1S/C12H23NO2/c1-12(4-7-14-8-5-12)10-13-11-3-2-6-15-9-11/h11,13H,2-10H2,1H3. The summed E-state index contributed by atoms with van der Waals surface area (Å²) < 4.78 is 10.9. The molecule has 2 heterocycles.